The molecule has 9 nitrogen and oxygen atoms in total. The highest BCUT2D eigenvalue weighted by Gasteiger charge is 2.27. The van der Waals surface area contributed by atoms with E-state index < -0.39 is 10.0 Å². The number of benzene rings is 2. The fourth-order valence-electron chi connectivity index (χ4n) is 3.01. The predicted octanol–water partition coefficient (Wildman–Crippen LogP) is 2.41. The Hall–Kier alpha value is -2.44. The van der Waals surface area contributed by atoms with Crippen LogP contribution in [0.3, 0.4) is 0 Å². The van der Waals surface area contributed by atoms with Crippen LogP contribution in [0.25, 0.3) is 0 Å². The molecule has 2 heterocycles. The van der Waals surface area contributed by atoms with E-state index in [1.54, 1.807) is 18.3 Å². The molecular weight excluding hydrogens is 464 g/mol. The van der Waals surface area contributed by atoms with Gasteiger partial charge in [0.05, 0.1) is 35.0 Å². The lowest BCUT2D eigenvalue weighted by Crippen LogP contribution is -2.40. The summed E-state index contributed by atoms with van der Waals surface area (Å²) in [5.41, 5.74) is 3.82. The van der Waals surface area contributed by atoms with Gasteiger partial charge in [-0.3, -0.25) is 5.43 Å². The van der Waals surface area contributed by atoms with Crippen LogP contribution in [0.15, 0.2) is 46.4 Å². The van der Waals surface area contributed by atoms with E-state index >= 15 is 0 Å². The molecule has 4 rings (SSSR count). The van der Waals surface area contributed by atoms with E-state index in [1.165, 1.54) is 22.5 Å². The van der Waals surface area contributed by atoms with Gasteiger partial charge in [-0.05, 0) is 54.2 Å². The summed E-state index contributed by atoms with van der Waals surface area (Å²) in [6.45, 7) is 1.55. The third kappa shape index (κ3) is 5.08. The molecule has 1 saturated heterocycles. The lowest BCUT2D eigenvalue weighted by molar-refractivity contribution is 0.0730. The Balaban J connectivity index is 1.41. The van der Waals surface area contributed by atoms with Crippen molar-refractivity contribution in [2.45, 2.75) is 4.90 Å². The minimum Gasteiger partial charge on any atom is -0.454 e. The van der Waals surface area contributed by atoms with E-state index in [2.05, 4.69) is 15.8 Å². The first-order valence-corrected chi connectivity index (χ1v) is 11.5. The van der Waals surface area contributed by atoms with Crippen LogP contribution >= 0.6 is 23.8 Å². The lowest BCUT2D eigenvalue weighted by Gasteiger charge is -2.26. The number of halogens is 1. The van der Waals surface area contributed by atoms with Gasteiger partial charge in [0.1, 0.15) is 0 Å². The Morgan fingerprint density at radius 3 is 2.71 bits per heavy atom. The standard InChI is InChI=1S/C19H19ClN4O5S2/c20-15-3-2-14(31(25,26)24-5-7-27-8-6-24)10-16(15)22-19(30)23-21-11-13-1-4-17-18(9-13)29-12-28-17/h1-4,9-11H,5-8,12H2,(H2,22,23,30)/b21-11+. The highest BCUT2D eigenvalue weighted by molar-refractivity contribution is 7.89. The van der Waals surface area contributed by atoms with Crippen LogP contribution in [0.5, 0.6) is 11.5 Å². The van der Waals surface area contributed by atoms with E-state index in [0.29, 0.717) is 48.5 Å². The first kappa shape index (κ1) is 21.8. The summed E-state index contributed by atoms with van der Waals surface area (Å²) in [5, 5.41) is 7.43. The molecule has 164 valence electrons. The van der Waals surface area contributed by atoms with Crippen molar-refractivity contribution in [3.63, 3.8) is 0 Å². The number of fused-ring (bicyclic) bond motifs is 1. The van der Waals surface area contributed by atoms with Gasteiger partial charge in [-0.2, -0.15) is 9.41 Å². The number of sulfonamides is 1. The zero-order valence-electron chi connectivity index (χ0n) is 16.2. The maximum absolute atomic E-state index is 12.9. The van der Waals surface area contributed by atoms with E-state index in [4.69, 9.17) is 38.0 Å². The largest absolute Gasteiger partial charge is 0.454 e. The summed E-state index contributed by atoms with van der Waals surface area (Å²) in [6.07, 6.45) is 1.57. The molecule has 0 saturated carbocycles. The minimum absolute atomic E-state index is 0.118. The zero-order chi connectivity index (χ0) is 21.8. The second-order valence-corrected chi connectivity index (χ2v) is 9.35. The van der Waals surface area contributed by atoms with Gasteiger partial charge in [0.25, 0.3) is 0 Å². The molecule has 0 amide bonds. The number of anilines is 1. The fraction of sp³-hybridized carbons (Fsp3) is 0.263. The van der Waals surface area contributed by atoms with Crippen molar-refractivity contribution < 1.29 is 22.6 Å². The number of rotatable bonds is 5. The van der Waals surface area contributed by atoms with E-state index in [1.807, 2.05) is 6.07 Å². The molecule has 0 unspecified atom stereocenters. The molecule has 0 bridgehead atoms. The number of nitrogens with zero attached hydrogens (tertiary/aromatic N) is 2. The molecule has 0 aromatic heterocycles. The summed E-state index contributed by atoms with van der Waals surface area (Å²) in [6, 6.07) is 9.83. The maximum atomic E-state index is 12.9. The van der Waals surface area contributed by atoms with Crippen LogP contribution in [0.2, 0.25) is 5.02 Å². The van der Waals surface area contributed by atoms with Gasteiger partial charge < -0.3 is 19.5 Å². The van der Waals surface area contributed by atoms with Gasteiger partial charge in [-0.15, -0.1) is 0 Å². The molecule has 0 radical (unpaired) electrons. The number of nitrogens with one attached hydrogen (secondary N) is 2. The Labute approximate surface area is 190 Å². The van der Waals surface area contributed by atoms with Crippen LogP contribution < -0.4 is 20.2 Å². The van der Waals surface area contributed by atoms with Crippen molar-refractivity contribution in [3.8, 4) is 11.5 Å². The highest BCUT2D eigenvalue weighted by atomic mass is 35.5. The first-order valence-electron chi connectivity index (χ1n) is 9.31. The average molecular weight is 483 g/mol. The van der Waals surface area contributed by atoms with Crippen LogP contribution in [0.1, 0.15) is 5.56 Å². The molecule has 2 aromatic rings. The monoisotopic (exact) mass is 482 g/mol. The normalized spacial score (nSPS) is 16.4. The first-order chi connectivity index (χ1) is 14.9. The molecule has 2 N–H and O–H groups in total. The smallest absolute Gasteiger partial charge is 0.243 e. The van der Waals surface area contributed by atoms with Crippen molar-refractivity contribution in [1.82, 2.24) is 9.73 Å². The Morgan fingerprint density at radius 2 is 1.90 bits per heavy atom. The van der Waals surface area contributed by atoms with Crippen molar-refractivity contribution in [3.05, 3.63) is 47.0 Å². The molecular formula is C19H19ClN4O5S2. The summed E-state index contributed by atoms with van der Waals surface area (Å²) < 4.78 is 42.9. The number of morpholine rings is 1. The lowest BCUT2D eigenvalue weighted by atomic mass is 10.2. The number of hydrogen-bond donors (Lipinski definition) is 2. The quantitative estimate of drug-likeness (QED) is 0.380. The van der Waals surface area contributed by atoms with Crippen LogP contribution in [-0.2, 0) is 14.8 Å². The Kier molecular flexibility index (Phi) is 6.58. The van der Waals surface area contributed by atoms with Crippen LogP contribution in [0, 0.1) is 0 Å². The summed E-state index contributed by atoms with van der Waals surface area (Å²) >= 11 is 11.5. The summed E-state index contributed by atoms with van der Waals surface area (Å²) in [4.78, 5) is 0.118. The molecule has 2 aliphatic heterocycles. The molecule has 1 fully saturated rings. The van der Waals surface area contributed by atoms with Crippen molar-refractivity contribution in [2.75, 3.05) is 38.4 Å². The van der Waals surface area contributed by atoms with E-state index in [-0.39, 0.29) is 16.8 Å². The van der Waals surface area contributed by atoms with Gasteiger partial charge in [0.2, 0.25) is 16.8 Å². The zero-order valence-corrected chi connectivity index (χ0v) is 18.6. The van der Waals surface area contributed by atoms with E-state index in [9.17, 15) is 8.42 Å². The SMILES string of the molecule is O=S(=O)(c1ccc(Cl)c(NC(=S)N/N=C/c2ccc3c(c2)OCO3)c1)N1CCOCC1. The number of hydrogen-bond acceptors (Lipinski definition) is 7. The van der Waals surface area contributed by atoms with Gasteiger partial charge in [-0.25, -0.2) is 8.42 Å². The summed E-state index contributed by atoms with van der Waals surface area (Å²) in [5.74, 6) is 1.33. The Morgan fingerprint density at radius 1 is 1.13 bits per heavy atom. The minimum atomic E-state index is -3.66. The number of thiocarbonyl (C=S) groups is 1. The molecule has 0 aliphatic carbocycles. The van der Waals surface area contributed by atoms with Crippen LogP contribution in [0.4, 0.5) is 5.69 Å². The molecule has 12 heteroatoms. The van der Waals surface area contributed by atoms with Crippen molar-refractivity contribution in [2.24, 2.45) is 5.10 Å². The van der Waals surface area contributed by atoms with Crippen LogP contribution in [-0.4, -0.2) is 57.1 Å². The third-order valence-corrected chi connectivity index (χ3v) is 6.99. The summed E-state index contributed by atoms with van der Waals surface area (Å²) in [7, 11) is -3.66. The topological polar surface area (TPSA) is 101 Å². The highest BCUT2D eigenvalue weighted by Crippen LogP contribution is 2.32. The maximum Gasteiger partial charge on any atom is 0.243 e. The van der Waals surface area contributed by atoms with Crippen molar-refractivity contribution in [1.29, 1.82) is 0 Å². The van der Waals surface area contributed by atoms with E-state index in [0.717, 1.165) is 5.56 Å². The second-order valence-electron chi connectivity index (χ2n) is 6.59. The second kappa shape index (κ2) is 9.37. The number of ether oxygens (including phenoxy) is 3. The molecule has 31 heavy (non-hydrogen) atoms. The Bertz CT molecular complexity index is 1120. The fourth-order valence-corrected chi connectivity index (χ4v) is 4.77. The molecule has 0 atom stereocenters. The van der Waals surface area contributed by atoms with Gasteiger partial charge >= 0.3 is 0 Å². The molecule has 2 aromatic carbocycles. The van der Waals surface area contributed by atoms with Gasteiger partial charge in [0.15, 0.2) is 16.6 Å². The molecule has 2 aliphatic rings. The predicted molar refractivity (Wildman–Crippen MR) is 121 cm³/mol. The van der Waals surface area contributed by atoms with Gasteiger partial charge in [0, 0.05) is 13.1 Å². The average Bonchev–Trinajstić information content (AvgIpc) is 3.24. The third-order valence-electron chi connectivity index (χ3n) is 4.57. The van der Waals surface area contributed by atoms with Gasteiger partial charge in [-0.1, -0.05) is 11.6 Å². The number of hydrazone groups is 1. The molecule has 0 spiro atoms. The van der Waals surface area contributed by atoms with Crippen molar-refractivity contribution >= 4 is 50.9 Å².